The first kappa shape index (κ1) is 21.3. The van der Waals surface area contributed by atoms with Crippen LogP contribution in [-0.4, -0.2) is 28.3 Å². The third-order valence-corrected chi connectivity index (χ3v) is 6.94. The number of rotatable bonds is 7. The van der Waals surface area contributed by atoms with Crippen LogP contribution in [0.5, 0.6) is 0 Å². The molecule has 1 aliphatic carbocycles. The molecule has 0 saturated heterocycles. The number of carbonyl (C=O) groups excluding carboxylic acids is 1. The van der Waals surface area contributed by atoms with Crippen molar-refractivity contribution in [2.24, 2.45) is 11.8 Å². The van der Waals surface area contributed by atoms with E-state index in [4.69, 9.17) is 4.74 Å². The van der Waals surface area contributed by atoms with Gasteiger partial charge in [-0.15, -0.1) is 11.3 Å². The van der Waals surface area contributed by atoms with Gasteiger partial charge in [-0.2, -0.15) is 0 Å². The molecule has 3 aromatic rings. The van der Waals surface area contributed by atoms with Crippen LogP contribution in [0.2, 0.25) is 0 Å². The average Bonchev–Trinajstić information content (AvgIpc) is 3.36. The molecule has 1 aromatic heterocycles. The van der Waals surface area contributed by atoms with Crippen molar-refractivity contribution in [1.82, 2.24) is 0 Å². The lowest BCUT2D eigenvalue weighted by Crippen LogP contribution is -2.25. The Morgan fingerprint density at radius 2 is 1.84 bits per heavy atom. The highest BCUT2D eigenvalue weighted by Gasteiger charge is 2.38. The van der Waals surface area contributed by atoms with Crippen molar-refractivity contribution in [3.8, 4) is 0 Å². The molecule has 1 fully saturated rings. The summed E-state index contributed by atoms with van der Waals surface area (Å²) in [6, 6.07) is 18.7. The van der Waals surface area contributed by atoms with Crippen molar-refractivity contribution in [3.63, 3.8) is 0 Å². The number of ether oxygens (including phenoxy) is 1. The van der Waals surface area contributed by atoms with Crippen molar-refractivity contribution < 1.29 is 24.5 Å². The molecule has 6 heteroatoms. The summed E-state index contributed by atoms with van der Waals surface area (Å²) < 4.78 is 6.85. The minimum absolute atomic E-state index is 0.00732. The van der Waals surface area contributed by atoms with Crippen LogP contribution in [0.1, 0.15) is 40.6 Å². The molecule has 2 aromatic carbocycles. The summed E-state index contributed by atoms with van der Waals surface area (Å²) in [4.78, 5) is 24.7. The van der Waals surface area contributed by atoms with Gasteiger partial charge < -0.3 is 14.9 Å². The predicted molar refractivity (Wildman–Crippen MR) is 120 cm³/mol. The molecule has 1 saturated carbocycles. The molecule has 0 unspecified atom stereocenters. The van der Waals surface area contributed by atoms with Crippen LogP contribution < -0.4 is 0 Å². The summed E-state index contributed by atoms with van der Waals surface area (Å²) in [5.74, 6) is -1.68. The number of carboxylic acid groups (broad SMARTS) is 1. The Hall–Kier alpha value is -2.96. The third kappa shape index (κ3) is 5.03. The number of benzene rings is 2. The highest BCUT2D eigenvalue weighted by molar-refractivity contribution is 7.19. The molecule has 0 bridgehead atoms. The Morgan fingerprint density at radius 1 is 1.10 bits per heavy atom. The van der Waals surface area contributed by atoms with Crippen LogP contribution in [0, 0.1) is 11.8 Å². The largest absolute Gasteiger partial charge is 0.481 e. The quantitative estimate of drug-likeness (QED) is 0.392. The number of carboxylic acids is 1. The summed E-state index contributed by atoms with van der Waals surface area (Å²) in [5, 5.41) is 21.1. The summed E-state index contributed by atoms with van der Waals surface area (Å²) >= 11 is 1.53. The van der Waals surface area contributed by atoms with Gasteiger partial charge in [-0.3, -0.25) is 4.79 Å². The smallest absolute Gasteiger partial charge is 0.338 e. The number of esters is 1. The normalized spacial score (nSPS) is 22.0. The number of aliphatic carboxylic acids is 1. The van der Waals surface area contributed by atoms with Crippen LogP contribution >= 0.6 is 11.3 Å². The van der Waals surface area contributed by atoms with Gasteiger partial charge in [0.15, 0.2) is 0 Å². The number of fused-ring (bicyclic) bond motifs is 1. The first-order valence-electron chi connectivity index (χ1n) is 10.3. The molecular weight excluding hydrogens is 412 g/mol. The van der Waals surface area contributed by atoms with Gasteiger partial charge in [0.2, 0.25) is 0 Å². The minimum atomic E-state index is -0.872. The van der Waals surface area contributed by atoms with Gasteiger partial charge in [0.25, 0.3) is 0 Å². The Balaban J connectivity index is 1.51. The standard InChI is InChI=1S/C25H24O5S/c26-20(23-14-18-8-4-5-9-22(18)31-23)12-11-19-17(15-24(27)28)10-13-21(19)30-25(29)16-6-2-1-3-7-16/h1-9,11-12,14,17,19-21,26H,10,13,15H2,(H,27,28)/b12-11+/t17-,19-,20-,21-/m1/s1. The zero-order valence-corrected chi connectivity index (χ0v) is 17.7. The monoisotopic (exact) mass is 436 g/mol. The van der Waals surface area contributed by atoms with Gasteiger partial charge in [-0.25, -0.2) is 4.79 Å². The van der Waals surface area contributed by atoms with Crippen LogP contribution in [0.25, 0.3) is 10.1 Å². The molecule has 4 rings (SSSR count). The molecule has 0 aliphatic heterocycles. The van der Waals surface area contributed by atoms with Crippen molar-refractivity contribution in [2.45, 2.75) is 31.5 Å². The first-order chi connectivity index (χ1) is 15.0. The molecular formula is C25H24O5S. The fraction of sp³-hybridized carbons (Fsp3) is 0.280. The number of carbonyl (C=O) groups is 2. The molecule has 0 radical (unpaired) electrons. The SMILES string of the molecule is O=C(O)C[C@H]1CC[C@@H](OC(=O)c2ccccc2)[C@@H]1/C=C/[C@@H](O)c1cc2ccccc2s1. The molecule has 160 valence electrons. The van der Waals surface area contributed by atoms with E-state index in [0.29, 0.717) is 18.4 Å². The molecule has 1 aliphatic rings. The van der Waals surface area contributed by atoms with Gasteiger partial charge in [-0.05, 0) is 48.4 Å². The van der Waals surface area contributed by atoms with Gasteiger partial charge in [-0.1, -0.05) is 48.6 Å². The Kier molecular flexibility index (Phi) is 6.49. The highest BCUT2D eigenvalue weighted by Crippen LogP contribution is 2.39. The number of hydrogen-bond acceptors (Lipinski definition) is 5. The number of hydrogen-bond donors (Lipinski definition) is 2. The molecule has 5 nitrogen and oxygen atoms in total. The van der Waals surface area contributed by atoms with Crippen LogP contribution in [0.15, 0.2) is 72.8 Å². The zero-order chi connectivity index (χ0) is 21.8. The second kappa shape index (κ2) is 9.45. The van der Waals surface area contributed by atoms with E-state index in [1.165, 1.54) is 11.3 Å². The van der Waals surface area contributed by atoms with E-state index < -0.39 is 24.1 Å². The molecule has 31 heavy (non-hydrogen) atoms. The zero-order valence-electron chi connectivity index (χ0n) is 16.9. The van der Waals surface area contributed by atoms with Crippen molar-refractivity contribution in [2.75, 3.05) is 0 Å². The number of thiophene rings is 1. The molecule has 1 heterocycles. The fourth-order valence-electron chi connectivity index (χ4n) is 4.20. The van der Waals surface area contributed by atoms with E-state index in [0.717, 1.165) is 15.0 Å². The minimum Gasteiger partial charge on any atom is -0.481 e. The average molecular weight is 437 g/mol. The van der Waals surface area contributed by atoms with Gasteiger partial charge in [0.1, 0.15) is 12.2 Å². The maximum absolute atomic E-state index is 12.5. The van der Waals surface area contributed by atoms with E-state index in [9.17, 15) is 19.8 Å². The molecule has 4 atom stereocenters. The van der Waals surface area contributed by atoms with Crippen LogP contribution in [0.3, 0.4) is 0 Å². The van der Waals surface area contributed by atoms with Crippen LogP contribution in [0.4, 0.5) is 0 Å². The second-order valence-corrected chi connectivity index (χ2v) is 8.95. The molecule has 2 N–H and O–H groups in total. The maximum atomic E-state index is 12.5. The Bertz CT molecular complexity index is 1050. The fourth-order valence-corrected chi connectivity index (χ4v) is 5.23. The summed E-state index contributed by atoms with van der Waals surface area (Å²) in [7, 11) is 0. The van der Waals surface area contributed by atoms with E-state index in [-0.39, 0.29) is 18.3 Å². The summed E-state index contributed by atoms with van der Waals surface area (Å²) in [5.41, 5.74) is 0.470. The van der Waals surface area contributed by atoms with Gasteiger partial charge in [0.05, 0.1) is 5.56 Å². The summed E-state index contributed by atoms with van der Waals surface area (Å²) in [6.45, 7) is 0. The van der Waals surface area contributed by atoms with Crippen molar-refractivity contribution in [1.29, 1.82) is 0 Å². The molecule has 0 amide bonds. The van der Waals surface area contributed by atoms with Crippen LogP contribution in [-0.2, 0) is 9.53 Å². The van der Waals surface area contributed by atoms with Gasteiger partial charge in [0, 0.05) is 21.9 Å². The highest BCUT2D eigenvalue weighted by atomic mass is 32.1. The van der Waals surface area contributed by atoms with Gasteiger partial charge >= 0.3 is 11.9 Å². The van der Waals surface area contributed by atoms with Crippen molar-refractivity contribution in [3.05, 3.63) is 83.3 Å². The maximum Gasteiger partial charge on any atom is 0.338 e. The third-order valence-electron chi connectivity index (χ3n) is 5.75. The number of aliphatic hydroxyl groups is 1. The Labute approximate surface area is 184 Å². The Morgan fingerprint density at radius 3 is 2.58 bits per heavy atom. The van der Waals surface area contributed by atoms with E-state index in [2.05, 4.69) is 0 Å². The van der Waals surface area contributed by atoms with E-state index in [1.54, 1.807) is 30.3 Å². The van der Waals surface area contributed by atoms with Crippen molar-refractivity contribution >= 4 is 33.4 Å². The lowest BCUT2D eigenvalue weighted by atomic mass is 9.91. The second-order valence-electron chi connectivity index (χ2n) is 7.84. The van der Waals surface area contributed by atoms with E-state index >= 15 is 0 Å². The lowest BCUT2D eigenvalue weighted by Gasteiger charge is -2.21. The topological polar surface area (TPSA) is 83.8 Å². The predicted octanol–water partition coefficient (Wildman–Crippen LogP) is 5.22. The summed E-state index contributed by atoms with van der Waals surface area (Å²) in [6.07, 6.45) is 3.58. The molecule has 0 spiro atoms. The lowest BCUT2D eigenvalue weighted by molar-refractivity contribution is -0.138. The number of aliphatic hydroxyl groups excluding tert-OH is 1. The first-order valence-corrected chi connectivity index (χ1v) is 11.2. The van der Waals surface area contributed by atoms with E-state index in [1.807, 2.05) is 42.5 Å².